The van der Waals surface area contributed by atoms with E-state index in [0.717, 1.165) is 4.47 Å². The quantitative estimate of drug-likeness (QED) is 0.906. The molecular weight excluding hydrogens is 272 g/mol. The maximum absolute atomic E-state index is 11.3. The molecule has 0 saturated carbocycles. The third kappa shape index (κ3) is 3.55. The van der Waals surface area contributed by atoms with E-state index in [1.807, 2.05) is 6.07 Å². The summed E-state index contributed by atoms with van der Waals surface area (Å²) in [6, 6.07) is 7.00. The van der Waals surface area contributed by atoms with Crippen LogP contribution in [0.3, 0.4) is 0 Å². The van der Waals surface area contributed by atoms with Crippen LogP contribution < -0.4 is 5.32 Å². The van der Waals surface area contributed by atoms with Crippen LogP contribution in [0.5, 0.6) is 0 Å². The van der Waals surface area contributed by atoms with Crippen molar-refractivity contribution in [3.8, 4) is 6.07 Å². The molecule has 1 amide bonds. The molecule has 84 valence electrons. The Morgan fingerprint density at radius 1 is 1.56 bits per heavy atom. The van der Waals surface area contributed by atoms with Gasteiger partial charge in [0.25, 0.3) is 0 Å². The second-order valence-corrected chi connectivity index (χ2v) is 4.30. The van der Waals surface area contributed by atoms with Crippen LogP contribution in [-0.4, -0.2) is 12.2 Å². The average molecular weight is 283 g/mol. The van der Waals surface area contributed by atoms with Crippen molar-refractivity contribution in [1.29, 1.82) is 5.26 Å². The zero-order valence-corrected chi connectivity index (χ0v) is 10.5. The molecule has 4 nitrogen and oxygen atoms in total. The summed E-state index contributed by atoms with van der Waals surface area (Å²) in [6.45, 7) is 3.51. The highest BCUT2D eigenvalue weighted by atomic mass is 79.9. The van der Waals surface area contributed by atoms with Crippen molar-refractivity contribution in [3.05, 3.63) is 28.2 Å². The first-order valence-corrected chi connectivity index (χ1v) is 5.49. The SMILES string of the molecule is CC(C)OC(=O)Nc1cc(Br)ccc1C#N. The molecule has 0 spiro atoms. The number of ether oxygens (including phenoxy) is 1. The van der Waals surface area contributed by atoms with Gasteiger partial charge in [0.2, 0.25) is 0 Å². The molecule has 0 aliphatic rings. The number of amides is 1. The van der Waals surface area contributed by atoms with Gasteiger partial charge in [-0.1, -0.05) is 15.9 Å². The Hall–Kier alpha value is -1.54. The molecule has 0 radical (unpaired) electrons. The van der Waals surface area contributed by atoms with Gasteiger partial charge < -0.3 is 4.74 Å². The van der Waals surface area contributed by atoms with E-state index in [4.69, 9.17) is 10.00 Å². The van der Waals surface area contributed by atoms with Crippen molar-refractivity contribution >= 4 is 27.7 Å². The predicted molar refractivity (Wildman–Crippen MR) is 64.1 cm³/mol. The van der Waals surface area contributed by atoms with Crippen molar-refractivity contribution < 1.29 is 9.53 Å². The van der Waals surface area contributed by atoms with Gasteiger partial charge in [0.05, 0.1) is 17.4 Å². The molecular formula is C11H11BrN2O2. The second kappa shape index (κ2) is 5.52. The Bertz CT molecular complexity index is 438. The van der Waals surface area contributed by atoms with Crippen LogP contribution >= 0.6 is 15.9 Å². The summed E-state index contributed by atoms with van der Waals surface area (Å²) in [7, 11) is 0. The lowest BCUT2D eigenvalue weighted by Crippen LogP contribution is -2.18. The molecule has 0 heterocycles. The summed E-state index contributed by atoms with van der Waals surface area (Å²) < 4.78 is 5.70. The molecule has 0 aliphatic carbocycles. The molecule has 0 atom stereocenters. The van der Waals surface area contributed by atoms with Crippen LogP contribution in [0.2, 0.25) is 0 Å². The predicted octanol–water partition coefficient (Wildman–Crippen LogP) is 3.28. The highest BCUT2D eigenvalue weighted by Gasteiger charge is 2.09. The Kier molecular flexibility index (Phi) is 4.32. The summed E-state index contributed by atoms with van der Waals surface area (Å²) in [5.74, 6) is 0. The summed E-state index contributed by atoms with van der Waals surface area (Å²) in [6.07, 6.45) is -0.762. The van der Waals surface area contributed by atoms with Gasteiger partial charge in [0.1, 0.15) is 6.07 Å². The molecule has 16 heavy (non-hydrogen) atoms. The topological polar surface area (TPSA) is 62.1 Å². The molecule has 0 bridgehead atoms. The fourth-order valence-electron chi connectivity index (χ4n) is 1.07. The van der Waals surface area contributed by atoms with E-state index in [1.54, 1.807) is 32.0 Å². The molecule has 0 saturated heterocycles. The lowest BCUT2D eigenvalue weighted by atomic mass is 10.2. The second-order valence-electron chi connectivity index (χ2n) is 3.38. The van der Waals surface area contributed by atoms with Crippen LogP contribution in [-0.2, 0) is 4.74 Å². The highest BCUT2D eigenvalue weighted by Crippen LogP contribution is 2.21. The van der Waals surface area contributed by atoms with Crippen LogP contribution in [0.4, 0.5) is 10.5 Å². The molecule has 1 N–H and O–H groups in total. The van der Waals surface area contributed by atoms with Crippen molar-refractivity contribution in [2.45, 2.75) is 20.0 Å². The van der Waals surface area contributed by atoms with Crippen LogP contribution in [0.15, 0.2) is 22.7 Å². The Labute approximate surface area is 102 Å². The summed E-state index contributed by atoms with van der Waals surface area (Å²) in [5, 5.41) is 11.4. The number of hydrogen-bond acceptors (Lipinski definition) is 3. The zero-order valence-electron chi connectivity index (χ0n) is 8.95. The van der Waals surface area contributed by atoms with Crippen LogP contribution in [0, 0.1) is 11.3 Å². The molecule has 1 rings (SSSR count). The number of nitrogens with one attached hydrogen (secondary N) is 1. The van der Waals surface area contributed by atoms with Gasteiger partial charge in [-0.25, -0.2) is 4.79 Å². The van der Waals surface area contributed by atoms with Crippen LogP contribution in [0.1, 0.15) is 19.4 Å². The van der Waals surface area contributed by atoms with E-state index < -0.39 is 6.09 Å². The number of rotatable bonds is 2. The van der Waals surface area contributed by atoms with Gasteiger partial charge in [0, 0.05) is 4.47 Å². The van der Waals surface area contributed by atoms with E-state index in [9.17, 15) is 4.79 Å². The number of anilines is 1. The van der Waals surface area contributed by atoms with Crippen molar-refractivity contribution in [2.75, 3.05) is 5.32 Å². The van der Waals surface area contributed by atoms with E-state index >= 15 is 0 Å². The molecule has 1 aromatic rings. The smallest absolute Gasteiger partial charge is 0.411 e. The molecule has 5 heteroatoms. The molecule has 0 aliphatic heterocycles. The van der Waals surface area contributed by atoms with Gasteiger partial charge in [-0.2, -0.15) is 5.26 Å². The molecule has 0 unspecified atom stereocenters. The maximum atomic E-state index is 11.3. The Balaban J connectivity index is 2.84. The first-order chi connectivity index (χ1) is 7.52. The van der Waals surface area contributed by atoms with Gasteiger partial charge in [-0.05, 0) is 32.0 Å². The summed E-state index contributed by atoms with van der Waals surface area (Å²) in [4.78, 5) is 11.3. The largest absolute Gasteiger partial charge is 0.447 e. The van der Waals surface area contributed by atoms with Crippen molar-refractivity contribution in [3.63, 3.8) is 0 Å². The van der Waals surface area contributed by atoms with Gasteiger partial charge >= 0.3 is 6.09 Å². The summed E-state index contributed by atoms with van der Waals surface area (Å²) >= 11 is 3.26. The first kappa shape index (κ1) is 12.5. The number of carbonyl (C=O) groups is 1. The Morgan fingerprint density at radius 2 is 2.25 bits per heavy atom. The van der Waals surface area contributed by atoms with E-state index in [2.05, 4.69) is 21.2 Å². The normalized spacial score (nSPS) is 9.69. The zero-order chi connectivity index (χ0) is 12.1. The van der Waals surface area contributed by atoms with Crippen molar-refractivity contribution in [2.24, 2.45) is 0 Å². The number of benzene rings is 1. The third-order valence-corrected chi connectivity index (χ3v) is 2.17. The summed E-state index contributed by atoms with van der Waals surface area (Å²) in [5.41, 5.74) is 0.825. The number of nitriles is 1. The fraction of sp³-hybridized carbons (Fsp3) is 0.273. The van der Waals surface area contributed by atoms with E-state index in [0.29, 0.717) is 11.3 Å². The lowest BCUT2D eigenvalue weighted by molar-refractivity contribution is 0.130. The number of carbonyl (C=O) groups excluding carboxylic acids is 1. The van der Waals surface area contributed by atoms with E-state index in [-0.39, 0.29) is 6.10 Å². The fourth-order valence-corrected chi connectivity index (χ4v) is 1.43. The number of nitrogens with zero attached hydrogens (tertiary/aromatic N) is 1. The highest BCUT2D eigenvalue weighted by molar-refractivity contribution is 9.10. The number of halogens is 1. The first-order valence-electron chi connectivity index (χ1n) is 4.70. The third-order valence-electron chi connectivity index (χ3n) is 1.68. The van der Waals surface area contributed by atoms with Gasteiger partial charge in [-0.15, -0.1) is 0 Å². The Morgan fingerprint density at radius 3 is 2.81 bits per heavy atom. The maximum Gasteiger partial charge on any atom is 0.411 e. The lowest BCUT2D eigenvalue weighted by Gasteiger charge is -2.10. The number of hydrogen-bond donors (Lipinski definition) is 1. The molecule has 0 aromatic heterocycles. The minimum Gasteiger partial charge on any atom is -0.447 e. The molecule has 1 aromatic carbocycles. The van der Waals surface area contributed by atoms with Gasteiger partial charge in [-0.3, -0.25) is 5.32 Å². The minimum absolute atomic E-state index is 0.197. The van der Waals surface area contributed by atoms with Gasteiger partial charge in [0.15, 0.2) is 0 Å². The monoisotopic (exact) mass is 282 g/mol. The minimum atomic E-state index is -0.565. The standard InChI is InChI=1S/C11H11BrN2O2/c1-7(2)16-11(15)14-10-5-9(12)4-3-8(10)6-13/h3-5,7H,1-2H3,(H,14,15). The molecule has 0 fully saturated rings. The average Bonchev–Trinajstić information content (AvgIpc) is 2.16. The van der Waals surface area contributed by atoms with E-state index in [1.165, 1.54) is 0 Å². The van der Waals surface area contributed by atoms with Crippen LogP contribution in [0.25, 0.3) is 0 Å². The van der Waals surface area contributed by atoms with Crippen molar-refractivity contribution in [1.82, 2.24) is 0 Å².